The molecule has 126 valence electrons. The number of oxazole rings is 1. The molecule has 1 aromatic heterocycles. The number of nitrogens with zero attached hydrogens (tertiary/aromatic N) is 1. The lowest BCUT2D eigenvalue weighted by molar-refractivity contribution is 0.0794. The smallest absolute Gasteiger partial charge is 0.277 e. The molecule has 2 aromatic rings. The van der Waals surface area contributed by atoms with Crippen molar-refractivity contribution in [3.8, 4) is 11.5 Å². The Labute approximate surface area is 142 Å². The highest BCUT2D eigenvalue weighted by molar-refractivity contribution is 6.34. The van der Waals surface area contributed by atoms with Crippen molar-refractivity contribution >= 4 is 23.2 Å². The van der Waals surface area contributed by atoms with Crippen LogP contribution in [0.4, 0.5) is 5.69 Å². The largest absolute Gasteiger partial charge is 0.454 e. The van der Waals surface area contributed by atoms with Crippen molar-refractivity contribution in [3.05, 3.63) is 35.0 Å². The predicted molar refractivity (Wildman–Crippen MR) is 84.8 cm³/mol. The first-order valence-corrected chi connectivity index (χ1v) is 8.02. The number of amides is 1. The molecule has 0 aliphatic carbocycles. The summed E-state index contributed by atoms with van der Waals surface area (Å²) < 4.78 is 21.3. The maximum atomic E-state index is 12.4. The summed E-state index contributed by atoms with van der Waals surface area (Å²) in [4.78, 5) is 16.7. The zero-order chi connectivity index (χ0) is 16.5. The Morgan fingerprint density at radius 1 is 1.21 bits per heavy atom. The van der Waals surface area contributed by atoms with E-state index in [0.29, 0.717) is 41.3 Å². The molecule has 7 nitrogen and oxygen atoms in total. The Morgan fingerprint density at radius 3 is 2.75 bits per heavy atom. The van der Waals surface area contributed by atoms with Crippen molar-refractivity contribution in [3.63, 3.8) is 0 Å². The summed E-state index contributed by atoms with van der Waals surface area (Å²) in [6.45, 7) is 1.50. The monoisotopic (exact) mass is 350 g/mol. The number of fused-ring (bicyclic) bond motifs is 1. The number of anilines is 1. The van der Waals surface area contributed by atoms with Crippen LogP contribution in [-0.2, 0) is 4.74 Å². The molecule has 8 heteroatoms. The maximum absolute atomic E-state index is 12.4. The Morgan fingerprint density at radius 2 is 1.96 bits per heavy atom. The van der Waals surface area contributed by atoms with E-state index in [1.54, 1.807) is 12.1 Å². The molecule has 4 rings (SSSR count). The van der Waals surface area contributed by atoms with Gasteiger partial charge in [0.1, 0.15) is 6.26 Å². The topological polar surface area (TPSA) is 82.8 Å². The summed E-state index contributed by atoms with van der Waals surface area (Å²) in [7, 11) is 0. The van der Waals surface area contributed by atoms with E-state index >= 15 is 0 Å². The minimum atomic E-state index is -0.391. The minimum absolute atomic E-state index is 0.140. The first-order chi connectivity index (χ1) is 11.7. The molecule has 1 N–H and O–H groups in total. The first-order valence-electron chi connectivity index (χ1n) is 7.64. The van der Waals surface area contributed by atoms with Gasteiger partial charge in [0.15, 0.2) is 23.1 Å². The van der Waals surface area contributed by atoms with Gasteiger partial charge in [-0.2, -0.15) is 0 Å². The zero-order valence-electron chi connectivity index (χ0n) is 12.7. The van der Waals surface area contributed by atoms with E-state index in [0.717, 1.165) is 12.8 Å². The average Bonchev–Trinajstić information content (AvgIpc) is 3.25. The standard InChI is InChI=1S/C16H15ClN2O5/c17-10-5-13-14(24-8-23-13)6-11(10)18-15(20)12-7-22-16(19-12)9-1-3-21-4-2-9/h5-7,9H,1-4,8H2,(H,18,20). The average molecular weight is 351 g/mol. The molecular formula is C16H15ClN2O5. The molecule has 24 heavy (non-hydrogen) atoms. The van der Waals surface area contributed by atoms with Crippen LogP contribution in [0.5, 0.6) is 11.5 Å². The predicted octanol–water partition coefficient (Wildman–Crippen LogP) is 3.20. The number of nitrogens with one attached hydrogen (secondary N) is 1. The van der Waals surface area contributed by atoms with Gasteiger partial charge in [0.25, 0.3) is 5.91 Å². The van der Waals surface area contributed by atoms with Crippen molar-refractivity contribution in [1.29, 1.82) is 0 Å². The fourth-order valence-electron chi connectivity index (χ4n) is 2.72. The number of benzene rings is 1. The van der Waals surface area contributed by atoms with E-state index in [1.165, 1.54) is 6.26 Å². The fourth-order valence-corrected chi connectivity index (χ4v) is 2.92. The summed E-state index contributed by atoms with van der Waals surface area (Å²) >= 11 is 6.16. The second kappa shape index (κ2) is 6.33. The van der Waals surface area contributed by atoms with Crippen LogP contribution in [0, 0.1) is 0 Å². The molecule has 0 spiro atoms. The van der Waals surface area contributed by atoms with Gasteiger partial charge in [-0.15, -0.1) is 0 Å². The molecule has 2 aliphatic heterocycles. The highest BCUT2D eigenvalue weighted by Crippen LogP contribution is 2.39. The second-order valence-corrected chi connectivity index (χ2v) is 6.00. The summed E-state index contributed by atoms with van der Waals surface area (Å²) in [6, 6.07) is 3.23. The Hall–Kier alpha value is -2.25. The molecule has 0 radical (unpaired) electrons. The van der Waals surface area contributed by atoms with Crippen LogP contribution in [0.15, 0.2) is 22.8 Å². The third kappa shape index (κ3) is 2.92. The third-order valence-corrected chi connectivity index (χ3v) is 4.35. The van der Waals surface area contributed by atoms with Crippen molar-refractivity contribution in [1.82, 2.24) is 4.98 Å². The molecule has 0 atom stereocenters. The first kappa shape index (κ1) is 15.3. The number of aromatic nitrogens is 1. The lowest BCUT2D eigenvalue weighted by atomic mass is 10.0. The van der Waals surface area contributed by atoms with Gasteiger partial charge in [0.05, 0.1) is 10.7 Å². The fraction of sp³-hybridized carbons (Fsp3) is 0.375. The molecule has 0 unspecified atom stereocenters. The van der Waals surface area contributed by atoms with E-state index in [1.807, 2.05) is 0 Å². The Kier molecular flexibility index (Phi) is 4.03. The Balaban J connectivity index is 1.49. The quantitative estimate of drug-likeness (QED) is 0.915. The number of hydrogen-bond acceptors (Lipinski definition) is 6. The van der Waals surface area contributed by atoms with Crippen molar-refractivity contribution in [2.75, 3.05) is 25.3 Å². The third-order valence-electron chi connectivity index (χ3n) is 4.04. The van der Waals surface area contributed by atoms with E-state index in [4.69, 9.17) is 30.2 Å². The molecule has 0 saturated carbocycles. The molecule has 1 saturated heterocycles. The summed E-state index contributed by atoms with van der Waals surface area (Å²) in [5, 5.41) is 3.08. The van der Waals surface area contributed by atoms with E-state index in [2.05, 4.69) is 10.3 Å². The Bertz CT molecular complexity index is 770. The highest BCUT2D eigenvalue weighted by Gasteiger charge is 2.23. The molecule has 1 fully saturated rings. The van der Waals surface area contributed by atoms with Crippen LogP contribution < -0.4 is 14.8 Å². The van der Waals surface area contributed by atoms with Gasteiger partial charge in [-0.25, -0.2) is 4.98 Å². The zero-order valence-corrected chi connectivity index (χ0v) is 13.5. The van der Waals surface area contributed by atoms with Gasteiger partial charge in [0, 0.05) is 31.3 Å². The lowest BCUT2D eigenvalue weighted by Gasteiger charge is -2.18. The maximum Gasteiger partial charge on any atom is 0.277 e. The van der Waals surface area contributed by atoms with Gasteiger partial charge in [-0.05, 0) is 12.8 Å². The van der Waals surface area contributed by atoms with E-state index in [9.17, 15) is 4.79 Å². The van der Waals surface area contributed by atoms with Crippen LogP contribution in [0.2, 0.25) is 5.02 Å². The number of rotatable bonds is 3. The van der Waals surface area contributed by atoms with E-state index < -0.39 is 5.91 Å². The van der Waals surface area contributed by atoms with Crippen LogP contribution in [-0.4, -0.2) is 30.9 Å². The summed E-state index contributed by atoms with van der Waals surface area (Å²) in [5.74, 6) is 1.46. The normalized spacial score (nSPS) is 17.0. The molecule has 1 amide bonds. The number of carbonyl (C=O) groups is 1. The van der Waals surface area contributed by atoms with Gasteiger partial charge in [0.2, 0.25) is 6.79 Å². The number of carbonyl (C=O) groups excluding carboxylic acids is 1. The summed E-state index contributed by atoms with van der Waals surface area (Å²) in [6.07, 6.45) is 3.05. The van der Waals surface area contributed by atoms with Gasteiger partial charge >= 0.3 is 0 Å². The number of ether oxygens (including phenoxy) is 3. The van der Waals surface area contributed by atoms with Gasteiger partial charge in [-0.1, -0.05) is 11.6 Å². The van der Waals surface area contributed by atoms with Gasteiger partial charge in [-0.3, -0.25) is 4.79 Å². The number of halogens is 1. The second-order valence-electron chi connectivity index (χ2n) is 5.60. The lowest BCUT2D eigenvalue weighted by Crippen LogP contribution is -2.16. The van der Waals surface area contributed by atoms with Crippen LogP contribution in [0.3, 0.4) is 0 Å². The minimum Gasteiger partial charge on any atom is -0.454 e. The van der Waals surface area contributed by atoms with Crippen molar-refractivity contribution in [2.24, 2.45) is 0 Å². The van der Waals surface area contributed by atoms with E-state index in [-0.39, 0.29) is 18.4 Å². The molecular weight excluding hydrogens is 336 g/mol. The molecule has 0 bridgehead atoms. The molecule has 1 aromatic carbocycles. The summed E-state index contributed by atoms with van der Waals surface area (Å²) in [5.41, 5.74) is 0.645. The molecule has 3 heterocycles. The van der Waals surface area contributed by atoms with Crippen molar-refractivity contribution in [2.45, 2.75) is 18.8 Å². The molecule has 2 aliphatic rings. The van der Waals surface area contributed by atoms with Crippen LogP contribution >= 0.6 is 11.6 Å². The van der Waals surface area contributed by atoms with Gasteiger partial charge < -0.3 is 23.9 Å². The highest BCUT2D eigenvalue weighted by atomic mass is 35.5. The van der Waals surface area contributed by atoms with Crippen molar-refractivity contribution < 1.29 is 23.4 Å². The van der Waals surface area contributed by atoms with Crippen LogP contribution in [0.25, 0.3) is 0 Å². The number of hydrogen-bond donors (Lipinski definition) is 1. The SMILES string of the molecule is O=C(Nc1cc2c(cc1Cl)OCO2)c1coc(C2CCOCC2)n1. The van der Waals surface area contributed by atoms with Crippen LogP contribution in [0.1, 0.15) is 35.1 Å².